The third-order valence-corrected chi connectivity index (χ3v) is 8.78. The third-order valence-electron chi connectivity index (χ3n) is 8.05. The van der Waals surface area contributed by atoms with Gasteiger partial charge in [-0.15, -0.1) is 0 Å². The summed E-state index contributed by atoms with van der Waals surface area (Å²) in [6.07, 6.45) is 1.63. The van der Waals surface area contributed by atoms with Crippen molar-refractivity contribution >= 4 is 34.8 Å². The molecule has 3 aliphatic heterocycles. The number of benzene rings is 3. The van der Waals surface area contributed by atoms with Crippen molar-refractivity contribution in [1.82, 2.24) is 4.90 Å². The number of hydrogen-bond donors (Lipinski definition) is 1. The van der Waals surface area contributed by atoms with Crippen molar-refractivity contribution in [3.8, 4) is 11.5 Å². The highest BCUT2D eigenvalue weighted by atomic mass is 35.5. The summed E-state index contributed by atoms with van der Waals surface area (Å²) in [5.74, 6) is 0.122. The van der Waals surface area contributed by atoms with Crippen LogP contribution in [0.4, 0.5) is 5.69 Å². The average molecular weight is 554 g/mol. The summed E-state index contributed by atoms with van der Waals surface area (Å²) < 4.78 is 11.7. The second-order valence-corrected chi connectivity index (χ2v) is 10.7. The van der Waals surface area contributed by atoms with E-state index in [1.807, 2.05) is 30.3 Å². The zero-order valence-corrected chi connectivity index (χ0v) is 22.0. The molecule has 1 amide bonds. The molecule has 0 bridgehead atoms. The van der Waals surface area contributed by atoms with Gasteiger partial charge in [-0.1, -0.05) is 53.5 Å². The number of halogens is 2. The van der Waals surface area contributed by atoms with Crippen LogP contribution in [-0.4, -0.2) is 41.5 Å². The molecule has 3 aromatic rings. The lowest BCUT2D eigenvalue weighted by molar-refractivity contribution is -0.534. The summed E-state index contributed by atoms with van der Waals surface area (Å²) in [4.78, 5) is 28.2. The van der Waals surface area contributed by atoms with E-state index < -0.39 is 17.5 Å². The predicted molar refractivity (Wildman–Crippen MR) is 144 cm³/mol. The van der Waals surface area contributed by atoms with Gasteiger partial charge in [-0.3, -0.25) is 19.8 Å². The van der Waals surface area contributed by atoms with Crippen LogP contribution in [0.1, 0.15) is 35.4 Å². The fraction of sp³-hybridized carbons (Fsp3) is 0.321. The first kappa shape index (κ1) is 25.0. The summed E-state index contributed by atoms with van der Waals surface area (Å²) in [5, 5.41) is 16.6. The number of ether oxygens (including phenoxy) is 2. The molecule has 0 aliphatic carbocycles. The minimum absolute atomic E-state index is 0.157. The van der Waals surface area contributed by atoms with Gasteiger partial charge >= 0.3 is 0 Å². The smallest absolute Gasteiger partial charge is 0.256 e. The number of methoxy groups -OCH3 is 1. The van der Waals surface area contributed by atoms with E-state index in [4.69, 9.17) is 32.7 Å². The molecule has 0 unspecified atom stereocenters. The fourth-order valence-electron chi connectivity index (χ4n) is 6.58. The van der Waals surface area contributed by atoms with Crippen LogP contribution < -0.4 is 14.8 Å². The number of carbonyl (C=O) groups excluding carboxylic acids is 1. The van der Waals surface area contributed by atoms with Crippen molar-refractivity contribution in [2.45, 2.75) is 43.0 Å². The number of para-hydroxylation sites is 1. The van der Waals surface area contributed by atoms with Gasteiger partial charge in [0.2, 0.25) is 0 Å². The first-order chi connectivity index (χ1) is 18.4. The Morgan fingerprint density at radius 3 is 2.68 bits per heavy atom. The molecule has 0 aromatic heterocycles. The number of carbonyl (C=O) groups is 1. The lowest BCUT2D eigenvalue weighted by atomic mass is 9.77. The summed E-state index contributed by atoms with van der Waals surface area (Å²) >= 11 is 12.1. The Balaban J connectivity index is 1.38. The van der Waals surface area contributed by atoms with E-state index in [-0.39, 0.29) is 23.5 Å². The average Bonchev–Trinajstić information content (AvgIpc) is 3.57. The van der Waals surface area contributed by atoms with Gasteiger partial charge < -0.3 is 14.8 Å². The van der Waals surface area contributed by atoms with Crippen LogP contribution in [0.2, 0.25) is 10.0 Å². The third kappa shape index (κ3) is 3.66. The molecular formula is C28H25Cl2N3O5. The van der Waals surface area contributed by atoms with Crippen LogP contribution in [0.25, 0.3) is 0 Å². The summed E-state index contributed by atoms with van der Waals surface area (Å²) in [7, 11) is 1.54. The van der Waals surface area contributed by atoms with E-state index in [9.17, 15) is 14.9 Å². The topological polar surface area (TPSA) is 93.9 Å². The van der Waals surface area contributed by atoms with E-state index in [0.717, 1.165) is 24.0 Å². The zero-order chi connectivity index (χ0) is 26.6. The number of nitrogens with zero attached hydrogens (tertiary/aromatic N) is 2. The molecule has 4 atom stereocenters. The molecule has 10 heteroatoms. The summed E-state index contributed by atoms with van der Waals surface area (Å²) in [6, 6.07) is 16.7. The molecule has 1 N–H and O–H groups in total. The van der Waals surface area contributed by atoms with Gasteiger partial charge in [-0.2, -0.15) is 0 Å². The van der Waals surface area contributed by atoms with Crippen molar-refractivity contribution in [3.05, 3.63) is 97.5 Å². The lowest BCUT2D eigenvalue weighted by Crippen LogP contribution is -2.55. The van der Waals surface area contributed by atoms with E-state index in [1.54, 1.807) is 30.3 Å². The maximum absolute atomic E-state index is 13.6. The van der Waals surface area contributed by atoms with E-state index in [1.165, 1.54) is 7.11 Å². The van der Waals surface area contributed by atoms with Gasteiger partial charge in [0, 0.05) is 28.8 Å². The monoisotopic (exact) mass is 553 g/mol. The molecule has 0 saturated carbocycles. The Labute approximate surface area is 229 Å². The number of hydrogen-bond acceptors (Lipinski definition) is 6. The van der Waals surface area contributed by atoms with Crippen LogP contribution in [0.3, 0.4) is 0 Å². The molecule has 3 aliphatic rings. The Hall–Kier alpha value is -3.33. The Kier molecular flexibility index (Phi) is 6.21. The van der Waals surface area contributed by atoms with Crippen LogP contribution in [0, 0.1) is 10.1 Å². The van der Waals surface area contributed by atoms with E-state index in [0.29, 0.717) is 39.3 Å². The van der Waals surface area contributed by atoms with Gasteiger partial charge in [-0.25, -0.2) is 0 Å². The predicted octanol–water partition coefficient (Wildman–Crippen LogP) is 5.64. The standard InChI is InChI=1S/C28H25Cl2N3O5/c1-37-24-14-17(9-11-23(24)38-15-16-8-10-19(29)20(30)13-16)25-22-7-4-12-32(22)28(26(25)33(35)36)18-5-2-3-6-21(18)31-27(28)34/h2-3,5-6,8-11,13-14,22,25-26H,4,7,12,15H2,1H3,(H,31,34)/t22-,25+,26+,28+/m0/s1. The highest BCUT2D eigenvalue weighted by molar-refractivity contribution is 6.42. The molecule has 196 valence electrons. The van der Waals surface area contributed by atoms with Crippen LogP contribution >= 0.6 is 23.2 Å². The van der Waals surface area contributed by atoms with E-state index >= 15 is 0 Å². The Morgan fingerprint density at radius 1 is 1.11 bits per heavy atom. The first-order valence-corrected chi connectivity index (χ1v) is 13.2. The van der Waals surface area contributed by atoms with Gasteiger partial charge in [-0.05, 0) is 54.3 Å². The molecule has 3 aromatic carbocycles. The SMILES string of the molecule is COc1cc([C@@H]2[C@@H]3CCCN3[C@@]3(C(=O)Nc4ccccc43)[C@@H]2[N+](=O)[O-])ccc1OCc1ccc(Cl)c(Cl)c1. The lowest BCUT2D eigenvalue weighted by Gasteiger charge is -2.32. The number of fused-ring (bicyclic) bond motifs is 4. The number of rotatable bonds is 6. The number of amides is 1. The van der Waals surface area contributed by atoms with Crippen LogP contribution in [-0.2, 0) is 16.9 Å². The summed E-state index contributed by atoms with van der Waals surface area (Å²) in [5.41, 5.74) is 1.54. The van der Waals surface area contributed by atoms with Gasteiger partial charge in [0.15, 0.2) is 17.0 Å². The number of anilines is 1. The van der Waals surface area contributed by atoms with E-state index in [2.05, 4.69) is 10.2 Å². The minimum atomic E-state index is -1.36. The maximum atomic E-state index is 13.6. The summed E-state index contributed by atoms with van der Waals surface area (Å²) in [6.45, 7) is 0.860. The molecule has 2 fully saturated rings. The fourth-order valence-corrected chi connectivity index (χ4v) is 6.90. The van der Waals surface area contributed by atoms with Gasteiger partial charge in [0.1, 0.15) is 6.61 Å². The Bertz CT molecular complexity index is 1450. The first-order valence-electron chi connectivity index (χ1n) is 12.4. The van der Waals surface area contributed by atoms with Gasteiger partial charge in [0.25, 0.3) is 11.9 Å². The second kappa shape index (κ2) is 9.45. The second-order valence-electron chi connectivity index (χ2n) is 9.87. The molecule has 38 heavy (non-hydrogen) atoms. The van der Waals surface area contributed by atoms with Crippen LogP contribution in [0.5, 0.6) is 11.5 Å². The normalized spacial score (nSPS) is 25.8. The van der Waals surface area contributed by atoms with Crippen molar-refractivity contribution in [2.24, 2.45) is 0 Å². The molecule has 8 nitrogen and oxygen atoms in total. The van der Waals surface area contributed by atoms with Crippen molar-refractivity contribution in [1.29, 1.82) is 0 Å². The van der Waals surface area contributed by atoms with Crippen molar-refractivity contribution in [2.75, 3.05) is 19.0 Å². The van der Waals surface area contributed by atoms with Crippen LogP contribution in [0.15, 0.2) is 60.7 Å². The van der Waals surface area contributed by atoms with Gasteiger partial charge in [0.05, 0.1) is 23.1 Å². The molecule has 3 heterocycles. The number of nitrogens with one attached hydrogen (secondary N) is 1. The quantitative estimate of drug-likeness (QED) is 0.313. The Morgan fingerprint density at radius 2 is 1.92 bits per heavy atom. The minimum Gasteiger partial charge on any atom is -0.493 e. The largest absolute Gasteiger partial charge is 0.493 e. The highest BCUT2D eigenvalue weighted by Crippen LogP contribution is 2.58. The van der Waals surface area contributed by atoms with Crippen molar-refractivity contribution < 1.29 is 19.2 Å². The number of nitro groups is 1. The molecule has 2 saturated heterocycles. The molecule has 1 spiro atoms. The molecule has 0 radical (unpaired) electrons. The molecule has 6 rings (SSSR count). The van der Waals surface area contributed by atoms with Crippen molar-refractivity contribution in [3.63, 3.8) is 0 Å². The zero-order valence-electron chi connectivity index (χ0n) is 20.5. The molecular weight excluding hydrogens is 529 g/mol. The maximum Gasteiger partial charge on any atom is 0.256 e. The highest BCUT2D eigenvalue weighted by Gasteiger charge is 2.73.